The highest BCUT2D eigenvalue weighted by molar-refractivity contribution is 6.23. The van der Waals surface area contributed by atoms with Crippen LogP contribution in [0.2, 0.25) is 0 Å². The SMILES string of the molecule is c1ccc(-c2nc(-c3ccccc3)nc(-c3cccc(-c4ccc(-n5c6ccccc6c6ccc7c8c(nc(-c9ccccc9)n8-c8ccccc8)n(-c8ccccc8)c7c65)cc4)c3)n2)cc1. The van der Waals surface area contributed by atoms with E-state index in [0.717, 1.165) is 89.4 Å². The molecule has 7 heteroatoms. The quantitative estimate of drug-likeness (QED) is 0.153. The van der Waals surface area contributed by atoms with Gasteiger partial charge in [-0.3, -0.25) is 9.13 Å². The Hall–Kier alpha value is -9.20. The fourth-order valence-corrected chi connectivity index (χ4v) is 9.65. The predicted molar refractivity (Wildman–Crippen MR) is 273 cm³/mol. The molecular formula is C60H39N7. The molecule has 0 unspecified atom stereocenters. The lowest BCUT2D eigenvalue weighted by Crippen LogP contribution is -2.00. The minimum Gasteiger partial charge on any atom is -0.307 e. The summed E-state index contributed by atoms with van der Waals surface area (Å²) < 4.78 is 7.12. The van der Waals surface area contributed by atoms with Crippen LogP contribution in [-0.2, 0) is 0 Å². The van der Waals surface area contributed by atoms with Crippen molar-refractivity contribution in [3.63, 3.8) is 0 Å². The third-order valence-corrected chi connectivity index (χ3v) is 12.7. The standard InChI is InChI=1S/C60H39N7/c1-6-19-41(20-7-1)56-61-57(42-21-8-2-9-22-42)63-58(62-56)45-26-18-25-44(39-45)40-33-35-48(36-34-40)65-52-32-17-16-31-49(52)50-37-38-51-54(53(50)65)66(46-27-12-4-13-28-46)60-55(51)67(47-29-14-5-15-30-47)59(64-60)43-23-10-3-11-24-43/h1-39H. The second-order valence-electron chi connectivity index (χ2n) is 16.7. The van der Waals surface area contributed by atoms with Crippen LogP contribution < -0.4 is 0 Å². The van der Waals surface area contributed by atoms with Crippen molar-refractivity contribution in [3.8, 4) is 73.7 Å². The lowest BCUT2D eigenvalue weighted by molar-refractivity contribution is 1.07. The van der Waals surface area contributed by atoms with Crippen LogP contribution in [0.15, 0.2) is 237 Å². The van der Waals surface area contributed by atoms with Gasteiger partial charge in [0.15, 0.2) is 23.1 Å². The summed E-state index contributed by atoms with van der Waals surface area (Å²) in [6.07, 6.45) is 0. The minimum atomic E-state index is 0.625. The van der Waals surface area contributed by atoms with Gasteiger partial charge in [0, 0.05) is 55.5 Å². The van der Waals surface area contributed by atoms with Gasteiger partial charge >= 0.3 is 0 Å². The predicted octanol–water partition coefficient (Wildman–Crippen LogP) is 14.6. The first kappa shape index (κ1) is 38.3. The van der Waals surface area contributed by atoms with Crippen molar-refractivity contribution in [2.45, 2.75) is 0 Å². The van der Waals surface area contributed by atoms with E-state index in [2.05, 4.69) is 190 Å². The zero-order chi connectivity index (χ0) is 44.3. The first-order chi connectivity index (χ1) is 33.2. The molecule has 0 aliphatic rings. The van der Waals surface area contributed by atoms with Crippen LogP contribution in [0.1, 0.15) is 0 Å². The molecule has 0 aliphatic heterocycles. The molecule has 0 atom stereocenters. The maximum atomic E-state index is 5.55. The summed E-state index contributed by atoms with van der Waals surface area (Å²) in [5, 5.41) is 3.48. The van der Waals surface area contributed by atoms with Crippen molar-refractivity contribution < 1.29 is 0 Å². The van der Waals surface area contributed by atoms with E-state index in [1.165, 1.54) is 10.8 Å². The van der Waals surface area contributed by atoms with Crippen LogP contribution in [0.5, 0.6) is 0 Å². The Morgan fingerprint density at radius 2 is 0.716 bits per heavy atom. The Labute approximate surface area is 386 Å². The van der Waals surface area contributed by atoms with Crippen LogP contribution >= 0.6 is 0 Å². The Bertz CT molecular complexity index is 3870. The molecule has 0 spiro atoms. The largest absolute Gasteiger partial charge is 0.307 e. The number of aromatic nitrogens is 7. The van der Waals surface area contributed by atoms with Crippen LogP contribution in [0.4, 0.5) is 0 Å². The molecule has 0 N–H and O–H groups in total. The summed E-state index contributed by atoms with van der Waals surface area (Å²) in [5.74, 6) is 2.80. The molecule has 4 aromatic heterocycles. The van der Waals surface area contributed by atoms with Gasteiger partial charge in [0.1, 0.15) is 11.3 Å². The fourth-order valence-electron chi connectivity index (χ4n) is 9.65. The number of para-hydroxylation sites is 3. The molecule has 0 aliphatic carbocycles. The third kappa shape index (κ3) is 6.44. The van der Waals surface area contributed by atoms with Gasteiger partial charge in [0.05, 0.1) is 16.6 Å². The first-order valence-corrected chi connectivity index (χ1v) is 22.5. The average molecular weight is 858 g/mol. The molecule has 13 rings (SSSR count). The molecule has 0 radical (unpaired) electrons. The molecule has 0 saturated carbocycles. The van der Waals surface area contributed by atoms with E-state index in [1.807, 2.05) is 60.7 Å². The number of rotatable bonds is 8. The topological polar surface area (TPSA) is 66.3 Å². The highest BCUT2D eigenvalue weighted by Gasteiger charge is 2.27. The van der Waals surface area contributed by atoms with Crippen LogP contribution in [0.25, 0.3) is 118 Å². The van der Waals surface area contributed by atoms with Gasteiger partial charge in [-0.1, -0.05) is 182 Å². The van der Waals surface area contributed by atoms with Crippen molar-refractivity contribution in [2.24, 2.45) is 0 Å². The third-order valence-electron chi connectivity index (χ3n) is 12.7. The van der Waals surface area contributed by atoms with Gasteiger partial charge in [-0.2, -0.15) is 0 Å². The molecular weight excluding hydrogens is 819 g/mol. The van der Waals surface area contributed by atoms with Gasteiger partial charge < -0.3 is 4.57 Å². The fraction of sp³-hybridized carbons (Fsp3) is 0. The molecule has 67 heavy (non-hydrogen) atoms. The number of hydrogen-bond donors (Lipinski definition) is 0. The number of nitrogens with zero attached hydrogens (tertiary/aromatic N) is 7. The van der Waals surface area contributed by atoms with Crippen LogP contribution in [0, 0.1) is 0 Å². The Morgan fingerprint density at radius 3 is 1.34 bits per heavy atom. The van der Waals surface area contributed by atoms with E-state index in [-0.39, 0.29) is 0 Å². The summed E-state index contributed by atoms with van der Waals surface area (Å²) in [7, 11) is 0. The van der Waals surface area contributed by atoms with Gasteiger partial charge in [0.2, 0.25) is 0 Å². The van der Waals surface area contributed by atoms with E-state index in [4.69, 9.17) is 19.9 Å². The van der Waals surface area contributed by atoms with E-state index < -0.39 is 0 Å². The maximum absolute atomic E-state index is 5.55. The Balaban J connectivity index is 0.999. The number of imidazole rings is 1. The Morgan fingerprint density at radius 1 is 0.254 bits per heavy atom. The van der Waals surface area contributed by atoms with E-state index in [1.54, 1.807) is 0 Å². The number of benzene rings is 9. The monoisotopic (exact) mass is 857 g/mol. The summed E-state index contributed by atoms with van der Waals surface area (Å²) in [5.41, 5.74) is 14.5. The molecule has 0 saturated heterocycles. The smallest absolute Gasteiger partial charge is 0.165 e. The zero-order valence-electron chi connectivity index (χ0n) is 36.1. The van der Waals surface area contributed by atoms with E-state index >= 15 is 0 Å². The molecule has 13 aromatic rings. The van der Waals surface area contributed by atoms with Gasteiger partial charge in [-0.05, 0) is 65.7 Å². The Kier molecular flexibility index (Phi) is 9.03. The van der Waals surface area contributed by atoms with E-state index in [0.29, 0.717) is 17.5 Å². The van der Waals surface area contributed by atoms with Crippen molar-refractivity contribution in [2.75, 3.05) is 0 Å². The second kappa shape index (κ2) is 15.8. The maximum Gasteiger partial charge on any atom is 0.165 e. The summed E-state index contributed by atoms with van der Waals surface area (Å²) in [6.45, 7) is 0. The van der Waals surface area contributed by atoms with Gasteiger partial charge in [-0.25, -0.2) is 19.9 Å². The highest BCUT2D eigenvalue weighted by Crippen LogP contribution is 2.44. The molecule has 7 nitrogen and oxygen atoms in total. The summed E-state index contributed by atoms with van der Waals surface area (Å²) >= 11 is 0. The van der Waals surface area contributed by atoms with Gasteiger partial charge in [-0.15, -0.1) is 0 Å². The highest BCUT2D eigenvalue weighted by atomic mass is 15.2. The van der Waals surface area contributed by atoms with Crippen molar-refractivity contribution in [1.82, 2.24) is 33.6 Å². The van der Waals surface area contributed by atoms with Crippen molar-refractivity contribution in [3.05, 3.63) is 237 Å². The lowest BCUT2D eigenvalue weighted by atomic mass is 10.0. The summed E-state index contributed by atoms with van der Waals surface area (Å²) in [4.78, 5) is 20.5. The molecule has 314 valence electrons. The summed E-state index contributed by atoms with van der Waals surface area (Å²) in [6, 6.07) is 82.6. The van der Waals surface area contributed by atoms with Crippen LogP contribution in [0.3, 0.4) is 0 Å². The molecule has 9 aromatic carbocycles. The molecule has 0 fully saturated rings. The number of fused-ring (bicyclic) bond motifs is 7. The first-order valence-electron chi connectivity index (χ1n) is 22.5. The van der Waals surface area contributed by atoms with E-state index in [9.17, 15) is 0 Å². The zero-order valence-corrected chi connectivity index (χ0v) is 36.1. The molecule has 0 bridgehead atoms. The van der Waals surface area contributed by atoms with Crippen LogP contribution in [-0.4, -0.2) is 33.6 Å². The van der Waals surface area contributed by atoms with Crippen molar-refractivity contribution >= 4 is 43.9 Å². The van der Waals surface area contributed by atoms with Crippen molar-refractivity contribution in [1.29, 1.82) is 0 Å². The normalized spacial score (nSPS) is 11.6. The lowest BCUT2D eigenvalue weighted by Gasteiger charge is -2.13. The average Bonchev–Trinajstić information content (AvgIpc) is 4.07. The molecule has 0 amide bonds. The van der Waals surface area contributed by atoms with Gasteiger partial charge in [0.25, 0.3) is 0 Å². The minimum absolute atomic E-state index is 0.625. The molecule has 4 heterocycles. The number of hydrogen-bond acceptors (Lipinski definition) is 4. The second-order valence-corrected chi connectivity index (χ2v) is 16.7.